The molecule has 2 rings (SSSR count). The molecule has 100 valence electrons. The van der Waals surface area contributed by atoms with Gasteiger partial charge in [-0.3, -0.25) is 9.59 Å². The van der Waals surface area contributed by atoms with E-state index < -0.39 is 5.97 Å². The Balaban J connectivity index is 2.12. The molecule has 0 aromatic carbocycles. The van der Waals surface area contributed by atoms with Gasteiger partial charge in [-0.2, -0.15) is 0 Å². The summed E-state index contributed by atoms with van der Waals surface area (Å²) in [5.41, 5.74) is 0.635. The van der Waals surface area contributed by atoms with Gasteiger partial charge in [0.25, 0.3) is 5.91 Å². The van der Waals surface area contributed by atoms with E-state index in [-0.39, 0.29) is 12.5 Å². The SMILES string of the molecule is COC(=O)CNC(=O)c1sc(-n2cccc2)nc1C. The lowest BCUT2D eigenvalue weighted by atomic mass is 10.4. The maximum atomic E-state index is 11.9. The lowest BCUT2D eigenvalue weighted by Crippen LogP contribution is -2.29. The average Bonchev–Trinajstić information content (AvgIpc) is 3.04. The number of rotatable bonds is 4. The fraction of sp³-hybridized carbons (Fsp3) is 0.250. The second kappa shape index (κ2) is 5.66. The summed E-state index contributed by atoms with van der Waals surface area (Å²) in [6, 6.07) is 3.77. The van der Waals surface area contributed by atoms with Crippen LogP contribution in [0.15, 0.2) is 24.5 Å². The number of aryl methyl sites for hydroxylation is 1. The highest BCUT2D eigenvalue weighted by Gasteiger charge is 2.16. The number of amides is 1. The molecule has 2 aromatic rings. The van der Waals surface area contributed by atoms with Crippen molar-refractivity contribution >= 4 is 23.2 Å². The Kier molecular flexibility index (Phi) is 3.96. The van der Waals surface area contributed by atoms with E-state index in [2.05, 4.69) is 15.0 Å². The minimum absolute atomic E-state index is 0.147. The summed E-state index contributed by atoms with van der Waals surface area (Å²) < 4.78 is 6.29. The Labute approximate surface area is 114 Å². The number of esters is 1. The van der Waals surface area contributed by atoms with E-state index in [0.29, 0.717) is 15.7 Å². The maximum absolute atomic E-state index is 11.9. The van der Waals surface area contributed by atoms with Gasteiger partial charge in [-0.25, -0.2) is 4.98 Å². The quantitative estimate of drug-likeness (QED) is 0.852. The van der Waals surface area contributed by atoms with Crippen LogP contribution in [0.1, 0.15) is 15.4 Å². The van der Waals surface area contributed by atoms with E-state index in [1.165, 1.54) is 18.4 Å². The second-order valence-corrected chi connectivity index (χ2v) is 4.74. The molecule has 6 nitrogen and oxygen atoms in total. The van der Waals surface area contributed by atoms with Gasteiger partial charge in [0.05, 0.1) is 12.8 Å². The van der Waals surface area contributed by atoms with Crippen molar-refractivity contribution in [3.8, 4) is 5.13 Å². The topological polar surface area (TPSA) is 73.2 Å². The standard InChI is InChI=1S/C12H13N3O3S/c1-8-10(11(17)13-7-9(16)18-2)19-12(14-8)15-5-3-4-6-15/h3-6H,7H2,1-2H3,(H,13,17). The van der Waals surface area contributed by atoms with Crippen molar-refractivity contribution in [2.24, 2.45) is 0 Å². The number of nitrogens with one attached hydrogen (secondary N) is 1. The minimum Gasteiger partial charge on any atom is -0.468 e. The van der Waals surface area contributed by atoms with Gasteiger partial charge in [0.15, 0.2) is 5.13 Å². The van der Waals surface area contributed by atoms with Gasteiger partial charge in [0, 0.05) is 12.4 Å². The summed E-state index contributed by atoms with van der Waals surface area (Å²) in [5.74, 6) is -0.806. The largest absolute Gasteiger partial charge is 0.468 e. The number of carbonyl (C=O) groups is 2. The number of hydrogen-bond donors (Lipinski definition) is 1. The van der Waals surface area contributed by atoms with Gasteiger partial charge in [0.2, 0.25) is 0 Å². The first kappa shape index (κ1) is 13.3. The molecule has 0 bridgehead atoms. The molecule has 7 heteroatoms. The van der Waals surface area contributed by atoms with E-state index >= 15 is 0 Å². The number of carbonyl (C=O) groups excluding carboxylic acids is 2. The normalized spacial score (nSPS) is 10.2. The highest BCUT2D eigenvalue weighted by molar-refractivity contribution is 7.16. The van der Waals surface area contributed by atoms with Crippen molar-refractivity contribution in [1.29, 1.82) is 0 Å². The highest BCUT2D eigenvalue weighted by atomic mass is 32.1. The van der Waals surface area contributed by atoms with Crippen molar-refractivity contribution in [2.45, 2.75) is 6.92 Å². The lowest BCUT2D eigenvalue weighted by molar-refractivity contribution is -0.139. The zero-order valence-corrected chi connectivity index (χ0v) is 11.4. The van der Waals surface area contributed by atoms with Crippen molar-refractivity contribution in [3.63, 3.8) is 0 Å². The molecule has 0 saturated carbocycles. The Morgan fingerprint density at radius 3 is 2.74 bits per heavy atom. The predicted octanol–water partition coefficient (Wildman–Crippen LogP) is 1.15. The molecular formula is C12H13N3O3S. The summed E-state index contributed by atoms with van der Waals surface area (Å²) in [7, 11) is 1.27. The van der Waals surface area contributed by atoms with Crippen LogP contribution in [-0.2, 0) is 9.53 Å². The molecule has 2 aromatic heterocycles. The third-order valence-electron chi connectivity index (χ3n) is 2.44. The molecule has 2 heterocycles. The molecule has 1 amide bonds. The molecule has 0 aliphatic heterocycles. The smallest absolute Gasteiger partial charge is 0.325 e. The van der Waals surface area contributed by atoms with Gasteiger partial charge < -0.3 is 14.6 Å². The molecule has 0 aliphatic rings. The van der Waals surface area contributed by atoms with Crippen molar-refractivity contribution < 1.29 is 14.3 Å². The van der Waals surface area contributed by atoms with Gasteiger partial charge in [-0.15, -0.1) is 0 Å². The number of ether oxygens (including phenoxy) is 1. The lowest BCUT2D eigenvalue weighted by Gasteiger charge is -2.01. The molecule has 0 atom stereocenters. The zero-order chi connectivity index (χ0) is 13.8. The van der Waals surface area contributed by atoms with E-state index in [4.69, 9.17) is 0 Å². The van der Waals surface area contributed by atoms with Crippen LogP contribution in [0.2, 0.25) is 0 Å². The number of nitrogens with zero attached hydrogens (tertiary/aromatic N) is 2. The summed E-state index contributed by atoms with van der Waals surface area (Å²) in [5, 5.41) is 3.21. The van der Waals surface area contributed by atoms with Crippen LogP contribution in [0.25, 0.3) is 5.13 Å². The first-order valence-corrected chi connectivity index (χ1v) is 6.39. The monoisotopic (exact) mass is 279 g/mol. The number of aromatic nitrogens is 2. The number of methoxy groups -OCH3 is 1. The fourth-order valence-electron chi connectivity index (χ4n) is 1.47. The fourth-order valence-corrected chi connectivity index (χ4v) is 2.42. The Morgan fingerprint density at radius 2 is 2.11 bits per heavy atom. The van der Waals surface area contributed by atoms with Crippen LogP contribution in [0, 0.1) is 6.92 Å². The highest BCUT2D eigenvalue weighted by Crippen LogP contribution is 2.21. The van der Waals surface area contributed by atoms with Crippen LogP contribution >= 0.6 is 11.3 Å². The van der Waals surface area contributed by atoms with Crippen LogP contribution < -0.4 is 5.32 Å². The van der Waals surface area contributed by atoms with Gasteiger partial charge >= 0.3 is 5.97 Å². The first-order chi connectivity index (χ1) is 9.11. The molecule has 0 saturated heterocycles. The van der Waals surface area contributed by atoms with Crippen LogP contribution in [-0.4, -0.2) is 35.1 Å². The third-order valence-corrected chi connectivity index (χ3v) is 3.61. The average molecular weight is 279 g/mol. The molecule has 1 N–H and O–H groups in total. The molecule has 0 aliphatic carbocycles. The van der Waals surface area contributed by atoms with Crippen molar-refractivity contribution in [3.05, 3.63) is 35.1 Å². The molecule has 0 fully saturated rings. The van der Waals surface area contributed by atoms with E-state index in [0.717, 1.165) is 0 Å². The minimum atomic E-state index is -0.485. The van der Waals surface area contributed by atoms with E-state index in [1.54, 1.807) is 6.92 Å². The molecule has 19 heavy (non-hydrogen) atoms. The molecule has 0 spiro atoms. The number of hydrogen-bond acceptors (Lipinski definition) is 5. The summed E-state index contributed by atoms with van der Waals surface area (Å²) in [4.78, 5) is 27.7. The van der Waals surface area contributed by atoms with Gasteiger partial charge in [-0.1, -0.05) is 11.3 Å². The van der Waals surface area contributed by atoms with E-state index in [1.807, 2.05) is 29.1 Å². The van der Waals surface area contributed by atoms with Crippen LogP contribution in [0.5, 0.6) is 0 Å². The number of thiazole rings is 1. The predicted molar refractivity (Wildman–Crippen MR) is 70.5 cm³/mol. The van der Waals surface area contributed by atoms with Crippen molar-refractivity contribution in [2.75, 3.05) is 13.7 Å². The Morgan fingerprint density at radius 1 is 1.42 bits per heavy atom. The summed E-state index contributed by atoms with van der Waals surface area (Å²) in [6.45, 7) is 1.61. The van der Waals surface area contributed by atoms with Crippen LogP contribution in [0.3, 0.4) is 0 Å². The Hall–Kier alpha value is -2.15. The summed E-state index contributed by atoms with van der Waals surface area (Å²) >= 11 is 1.27. The Bertz CT molecular complexity index is 589. The van der Waals surface area contributed by atoms with Crippen LogP contribution in [0.4, 0.5) is 0 Å². The summed E-state index contributed by atoms with van der Waals surface area (Å²) in [6.07, 6.45) is 3.71. The van der Waals surface area contributed by atoms with Gasteiger partial charge in [0.1, 0.15) is 11.4 Å². The maximum Gasteiger partial charge on any atom is 0.325 e. The molecule has 0 unspecified atom stereocenters. The molecular weight excluding hydrogens is 266 g/mol. The van der Waals surface area contributed by atoms with Gasteiger partial charge in [-0.05, 0) is 19.1 Å². The second-order valence-electron chi connectivity index (χ2n) is 3.76. The molecule has 0 radical (unpaired) electrons. The third kappa shape index (κ3) is 3.00. The van der Waals surface area contributed by atoms with Crippen molar-refractivity contribution in [1.82, 2.24) is 14.9 Å². The zero-order valence-electron chi connectivity index (χ0n) is 10.5. The van der Waals surface area contributed by atoms with E-state index in [9.17, 15) is 9.59 Å². The first-order valence-electron chi connectivity index (χ1n) is 5.57.